The summed E-state index contributed by atoms with van der Waals surface area (Å²) in [5.41, 5.74) is 2.28. The normalized spacial score (nSPS) is 50.9. The van der Waals surface area contributed by atoms with E-state index in [-0.39, 0.29) is 5.41 Å². The third kappa shape index (κ3) is 1.86. The molecule has 4 aliphatic rings. The number of hydrogen-bond donors (Lipinski definition) is 0. The first kappa shape index (κ1) is 15.0. The van der Waals surface area contributed by atoms with Gasteiger partial charge in [0.05, 0.1) is 0 Å². The average molecular weight is 300 g/mol. The molecule has 4 rings (SSSR count). The van der Waals surface area contributed by atoms with E-state index in [0.717, 1.165) is 30.6 Å². The number of carbonyl (C=O) groups excluding carboxylic acids is 1. The van der Waals surface area contributed by atoms with Gasteiger partial charge in [0.25, 0.3) is 0 Å². The molecule has 1 heteroatoms. The van der Waals surface area contributed by atoms with E-state index in [2.05, 4.69) is 26.8 Å². The van der Waals surface area contributed by atoms with Crippen molar-refractivity contribution in [3.8, 4) is 0 Å². The summed E-state index contributed by atoms with van der Waals surface area (Å²) in [6, 6.07) is 0. The molecule has 122 valence electrons. The van der Waals surface area contributed by atoms with Crippen molar-refractivity contribution < 1.29 is 4.79 Å². The van der Waals surface area contributed by atoms with Gasteiger partial charge in [0.1, 0.15) is 5.78 Å². The molecule has 4 aliphatic carbocycles. The van der Waals surface area contributed by atoms with Gasteiger partial charge in [-0.2, -0.15) is 0 Å². The summed E-state index contributed by atoms with van der Waals surface area (Å²) >= 11 is 0. The van der Waals surface area contributed by atoms with E-state index in [1.54, 1.807) is 5.57 Å². The third-order valence-corrected chi connectivity index (χ3v) is 8.49. The molecule has 3 saturated carbocycles. The lowest BCUT2D eigenvalue weighted by Gasteiger charge is -2.57. The van der Waals surface area contributed by atoms with Gasteiger partial charge in [-0.1, -0.05) is 38.8 Å². The van der Waals surface area contributed by atoms with Gasteiger partial charge < -0.3 is 0 Å². The van der Waals surface area contributed by atoms with Crippen LogP contribution in [-0.2, 0) is 4.79 Å². The van der Waals surface area contributed by atoms with Crippen molar-refractivity contribution in [3.05, 3.63) is 11.6 Å². The third-order valence-electron chi connectivity index (χ3n) is 8.49. The van der Waals surface area contributed by atoms with Gasteiger partial charge in [-0.15, -0.1) is 0 Å². The predicted octanol–water partition coefficient (Wildman–Crippen LogP) is 5.54. The number of carbonyl (C=O) groups is 1. The molecule has 0 aliphatic heterocycles. The summed E-state index contributed by atoms with van der Waals surface area (Å²) < 4.78 is 0. The number of hydrogen-bond acceptors (Lipinski definition) is 1. The van der Waals surface area contributed by atoms with Crippen LogP contribution < -0.4 is 0 Å². The van der Waals surface area contributed by atoms with E-state index in [1.165, 1.54) is 44.9 Å². The minimum absolute atomic E-state index is 0.0312. The number of allylic oxidation sites excluding steroid dienone is 2. The Kier molecular flexibility index (Phi) is 3.37. The maximum absolute atomic E-state index is 12.4. The molecule has 0 radical (unpaired) electrons. The molecule has 6 unspecified atom stereocenters. The lowest BCUT2D eigenvalue weighted by molar-refractivity contribution is -0.131. The van der Waals surface area contributed by atoms with Gasteiger partial charge in [-0.3, -0.25) is 4.79 Å². The smallest absolute Gasteiger partial charge is 0.139 e. The van der Waals surface area contributed by atoms with Crippen LogP contribution in [0, 0.1) is 34.5 Å². The number of rotatable bonds is 1. The lowest BCUT2D eigenvalue weighted by atomic mass is 9.47. The maximum atomic E-state index is 12.4. The fraction of sp³-hybridized carbons (Fsp3) is 0.857. The predicted molar refractivity (Wildman–Crippen MR) is 90.5 cm³/mol. The van der Waals surface area contributed by atoms with Crippen molar-refractivity contribution in [1.29, 1.82) is 0 Å². The summed E-state index contributed by atoms with van der Waals surface area (Å²) in [4.78, 5) is 12.4. The summed E-state index contributed by atoms with van der Waals surface area (Å²) in [7, 11) is 0. The Hall–Kier alpha value is -0.590. The van der Waals surface area contributed by atoms with Gasteiger partial charge in [0, 0.05) is 11.8 Å². The maximum Gasteiger partial charge on any atom is 0.139 e. The Morgan fingerprint density at radius 3 is 2.59 bits per heavy atom. The second-order valence-corrected chi connectivity index (χ2v) is 9.19. The van der Waals surface area contributed by atoms with Gasteiger partial charge in [-0.25, -0.2) is 0 Å². The number of ketones is 1. The summed E-state index contributed by atoms with van der Waals surface area (Å²) in [6.07, 6.45) is 13.9. The molecule has 1 nitrogen and oxygen atoms in total. The van der Waals surface area contributed by atoms with Crippen molar-refractivity contribution in [2.75, 3.05) is 0 Å². The van der Waals surface area contributed by atoms with Crippen LogP contribution in [0.5, 0.6) is 0 Å². The van der Waals surface area contributed by atoms with E-state index in [4.69, 9.17) is 0 Å². The number of Topliss-reactive ketones (excluding diaryl/α,β-unsaturated/α-hetero) is 1. The quantitative estimate of drug-likeness (QED) is 0.581. The molecular formula is C21H32O. The second-order valence-electron chi connectivity index (χ2n) is 9.19. The lowest BCUT2D eigenvalue weighted by Crippen LogP contribution is -2.50. The van der Waals surface area contributed by atoms with E-state index in [1.807, 2.05) is 0 Å². The fourth-order valence-electron chi connectivity index (χ4n) is 6.86. The first-order valence-corrected chi connectivity index (χ1v) is 9.72. The highest BCUT2D eigenvalue weighted by molar-refractivity contribution is 5.87. The molecule has 0 aromatic carbocycles. The zero-order valence-corrected chi connectivity index (χ0v) is 14.7. The average Bonchev–Trinajstić information content (AvgIpc) is 2.82. The zero-order valence-electron chi connectivity index (χ0n) is 14.7. The van der Waals surface area contributed by atoms with Crippen LogP contribution in [0.1, 0.15) is 78.6 Å². The monoisotopic (exact) mass is 300 g/mol. The first-order valence-electron chi connectivity index (χ1n) is 9.72. The van der Waals surface area contributed by atoms with E-state index in [0.29, 0.717) is 17.1 Å². The summed E-state index contributed by atoms with van der Waals surface area (Å²) in [5, 5.41) is 0. The Morgan fingerprint density at radius 1 is 1.09 bits per heavy atom. The van der Waals surface area contributed by atoms with Crippen LogP contribution in [0.25, 0.3) is 0 Å². The van der Waals surface area contributed by atoms with E-state index >= 15 is 0 Å². The molecule has 0 spiro atoms. The molecule has 0 aromatic heterocycles. The highest BCUT2D eigenvalue weighted by Crippen LogP contribution is 2.64. The molecule has 0 saturated heterocycles. The van der Waals surface area contributed by atoms with Gasteiger partial charge in [0.2, 0.25) is 0 Å². The zero-order chi connectivity index (χ0) is 15.5. The highest BCUT2D eigenvalue weighted by Gasteiger charge is 2.58. The van der Waals surface area contributed by atoms with Crippen LogP contribution in [0.4, 0.5) is 0 Å². The largest absolute Gasteiger partial charge is 0.299 e. The summed E-state index contributed by atoms with van der Waals surface area (Å²) in [5.74, 6) is 3.83. The van der Waals surface area contributed by atoms with Crippen molar-refractivity contribution >= 4 is 5.78 Å². The fourth-order valence-corrected chi connectivity index (χ4v) is 6.86. The topological polar surface area (TPSA) is 17.1 Å². The molecular weight excluding hydrogens is 268 g/mol. The van der Waals surface area contributed by atoms with Gasteiger partial charge in [0.15, 0.2) is 0 Å². The molecule has 0 amide bonds. The molecule has 22 heavy (non-hydrogen) atoms. The van der Waals surface area contributed by atoms with Crippen LogP contribution in [0.3, 0.4) is 0 Å². The molecule has 0 heterocycles. The SMILES string of the molecule is CCC1CCC2(C)C(=CCC3C4CCC(=O)C4(C)CCC32)C1. The van der Waals surface area contributed by atoms with Crippen molar-refractivity contribution in [2.24, 2.45) is 34.5 Å². The van der Waals surface area contributed by atoms with Crippen LogP contribution in [-0.4, -0.2) is 5.78 Å². The Bertz CT molecular complexity index is 518. The molecule has 6 atom stereocenters. The van der Waals surface area contributed by atoms with Gasteiger partial charge in [-0.05, 0) is 74.0 Å². The Morgan fingerprint density at radius 2 is 1.82 bits per heavy atom. The number of fused-ring (bicyclic) bond motifs is 5. The molecule has 3 fully saturated rings. The summed E-state index contributed by atoms with van der Waals surface area (Å²) in [6.45, 7) is 7.22. The van der Waals surface area contributed by atoms with E-state index < -0.39 is 0 Å². The standard InChI is InChI=1S/C21H32O/c1-4-14-9-11-20(2)15(13-14)5-6-16-17-7-8-19(22)21(17,3)12-10-18(16)20/h5,14,16-18H,4,6-13H2,1-3H3. The first-order chi connectivity index (χ1) is 10.5. The van der Waals surface area contributed by atoms with Crippen LogP contribution >= 0.6 is 0 Å². The molecule has 0 bridgehead atoms. The van der Waals surface area contributed by atoms with Crippen molar-refractivity contribution in [3.63, 3.8) is 0 Å². The van der Waals surface area contributed by atoms with Gasteiger partial charge >= 0.3 is 0 Å². The van der Waals surface area contributed by atoms with Crippen molar-refractivity contribution in [1.82, 2.24) is 0 Å². The van der Waals surface area contributed by atoms with E-state index in [9.17, 15) is 4.79 Å². The Balaban J connectivity index is 1.66. The second kappa shape index (κ2) is 4.95. The van der Waals surface area contributed by atoms with Crippen molar-refractivity contribution in [2.45, 2.75) is 78.6 Å². The molecule has 0 aromatic rings. The minimum Gasteiger partial charge on any atom is -0.299 e. The minimum atomic E-state index is 0.0312. The molecule has 0 N–H and O–H groups in total. The highest BCUT2D eigenvalue weighted by atomic mass is 16.1. The Labute approximate surface area is 135 Å². The van der Waals surface area contributed by atoms with Crippen LogP contribution in [0.2, 0.25) is 0 Å². The van der Waals surface area contributed by atoms with Crippen LogP contribution in [0.15, 0.2) is 11.6 Å².